The van der Waals surface area contributed by atoms with Gasteiger partial charge in [0.25, 0.3) is 0 Å². The molecule has 0 radical (unpaired) electrons. The molecule has 0 aromatic heterocycles. The van der Waals surface area contributed by atoms with Gasteiger partial charge in [0.15, 0.2) is 0 Å². The van der Waals surface area contributed by atoms with Crippen LogP contribution in [0.15, 0.2) is 47.5 Å². The molecule has 2 rings (SSSR count). The molecule has 2 aliphatic rings. The summed E-state index contributed by atoms with van der Waals surface area (Å²) in [4.78, 5) is 0. The van der Waals surface area contributed by atoms with Crippen LogP contribution in [0.3, 0.4) is 0 Å². The highest BCUT2D eigenvalue weighted by Crippen LogP contribution is 2.19. The maximum absolute atomic E-state index is 5.23. The van der Waals surface area contributed by atoms with Crippen LogP contribution >= 0.6 is 0 Å². The molecular formula is C16H23NO2. The number of hydrogen-bond acceptors (Lipinski definition) is 3. The Morgan fingerprint density at radius 1 is 1.21 bits per heavy atom. The number of nitrogens with one attached hydrogen (secondary N) is 1. The summed E-state index contributed by atoms with van der Waals surface area (Å²) in [6.45, 7) is 1.99. The summed E-state index contributed by atoms with van der Waals surface area (Å²) in [6, 6.07) is 0. The first-order valence-corrected chi connectivity index (χ1v) is 6.87. The summed E-state index contributed by atoms with van der Waals surface area (Å²) in [7, 11) is 3.45. The fourth-order valence-electron chi connectivity index (χ4n) is 2.34. The van der Waals surface area contributed by atoms with Crippen LogP contribution in [0.5, 0.6) is 0 Å². The average Bonchev–Trinajstić information content (AvgIpc) is 2.49. The smallest absolute Gasteiger partial charge is 0.114 e. The molecule has 1 unspecified atom stereocenters. The van der Waals surface area contributed by atoms with Crippen LogP contribution in [0.2, 0.25) is 0 Å². The Bertz CT molecular complexity index is 418. The minimum Gasteiger partial charge on any atom is -0.501 e. The normalized spacial score (nSPS) is 22.4. The van der Waals surface area contributed by atoms with Crippen molar-refractivity contribution in [2.24, 2.45) is 5.92 Å². The Kier molecular flexibility index (Phi) is 5.28. The van der Waals surface area contributed by atoms with E-state index in [4.69, 9.17) is 9.47 Å². The first-order chi connectivity index (χ1) is 9.31. The van der Waals surface area contributed by atoms with Crippen LogP contribution in [0.1, 0.15) is 19.3 Å². The van der Waals surface area contributed by atoms with Gasteiger partial charge in [-0.1, -0.05) is 17.7 Å². The molecule has 0 saturated heterocycles. The van der Waals surface area contributed by atoms with Crippen molar-refractivity contribution in [1.82, 2.24) is 5.32 Å². The first kappa shape index (κ1) is 13.9. The zero-order valence-electron chi connectivity index (χ0n) is 11.8. The number of allylic oxidation sites excluding steroid dienone is 5. The van der Waals surface area contributed by atoms with Gasteiger partial charge in [-0.25, -0.2) is 0 Å². The lowest BCUT2D eigenvalue weighted by Crippen LogP contribution is -2.25. The molecule has 0 spiro atoms. The van der Waals surface area contributed by atoms with Gasteiger partial charge >= 0.3 is 0 Å². The minimum absolute atomic E-state index is 0.577. The third-order valence-electron chi connectivity index (χ3n) is 3.61. The number of rotatable bonds is 6. The quantitative estimate of drug-likeness (QED) is 0.797. The molecule has 0 aliphatic heterocycles. The lowest BCUT2D eigenvalue weighted by atomic mass is 9.99. The van der Waals surface area contributed by atoms with Crippen LogP contribution in [0, 0.1) is 5.92 Å². The SMILES string of the molecule is COC1=CCC(CNCC2=CC=C(OC)CC2)C=C1. The van der Waals surface area contributed by atoms with E-state index in [-0.39, 0.29) is 0 Å². The second kappa shape index (κ2) is 7.19. The summed E-state index contributed by atoms with van der Waals surface area (Å²) < 4.78 is 10.4. The maximum Gasteiger partial charge on any atom is 0.114 e. The Morgan fingerprint density at radius 2 is 2.11 bits per heavy atom. The molecule has 3 nitrogen and oxygen atoms in total. The molecule has 3 heteroatoms. The molecule has 1 atom stereocenters. The molecule has 0 aromatic rings. The van der Waals surface area contributed by atoms with Gasteiger partial charge in [-0.2, -0.15) is 0 Å². The van der Waals surface area contributed by atoms with Crippen molar-refractivity contribution in [2.45, 2.75) is 19.3 Å². The largest absolute Gasteiger partial charge is 0.501 e. The highest BCUT2D eigenvalue weighted by Gasteiger charge is 2.10. The van der Waals surface area contributed by atoms with Crippen molar-refractivity contribution >= 4 is 0 Å². The van der Waals surface area contributed by atoms with Gasteiger partial charge in [-0.15, -0.1) is 0 Å². The summed E-state index contributed by atoms with van der Waals surface area (Å²) >= 11 is 0. The van der Waals surface area contributed by atoms with Gasteiger partial charge in [0.1, 0.15) is 5.76 Å². The van der Waals surface area contributed by atoms with E-state index < -0.39 is 0 Å². The highest BCUT2D eigenvalue weighted by molar-refractivity contribution is 5.22. The Labute approximate surface area is 115 Å². The van der Waals surface area contributed by atoms with Crippen molar-refractivity contribution in [3.8, 4) is 0 Å². The number of methoxy groups -OCH3 is 2. The van der Waals surface area contributed by atoms with Crippen molar-refractivity contribution < 1.29 is 9.47 Å². The zero-order chi connectivity index (χ0) is 13.5. The first-order valence-electron chi connectivity index (χ1n) is 6.87. The van der Waals surface area contributed by atoms with E-state index in [0.717, 1.165) is 43.9 Å². The number of ether oxygens (including phenoxy) is 2. The van der Waals surface area contributed by atoms with Gasteiger partial charge in [0, 0.05) is 19.5 Å². The van der Waals surface area contributed by atoms with E-state index in [1.807, 2.05) is 0 Å². The van der Waals surface area contributed by atoms with E-state index in [2.05, 4.69) is 35.7 Å². The predicted octanol–water partition coefficient (Wildman–Crippen LogP) is 2.93. The molecular weight excluding hydrogens is 238 g/mol. The monoisotopic (exact) mass is 261 g/mol. The molecule has 0 fully saturated rings. The van der Waals surface area contributed by atoms with E-state index in [9.17, 15) is 0 Å². The van der Waals surface area contributed by atoms with E-state index in [1.165, 1.54) is 5.57 Å². The zero-order valence-corrected chi connectivity index (χ0v) is 11.8. The van der Waals surface area contributed by atoms with Crippen LogP contribution < -0.4 is 5.32 Å². The Hall–Kier alpha value is -1.48. The third-order valence-corrected chi connectivity index (χ3v) is 3.61. The average molecular weight is 261 g/mol. The summed E-state index contributed by atoms with van der Waals surface area (Å²) in [5.74, 6) is 2.63. The molecule has 0 saturated carbocycles. The molecule has 0 bridgehead atoms. The van der Waals surface area contributed by atoms with Crippen LogP contribution in [-0.2, 0) is 9.47 Å². The molecule has 0 amide bonds. The van der Waals surface area contributed by atoms with Gasteiger partial charge in [-0.05, 0) is 37.0 Å². The second-order valence-electron chi connectivity index (χ2n) is 4.96. The minimum atomic E-state index is 0.577. The summed E-state index contributed by atoms with van der Waals surface area (Å²) in [6.07, 6.45) is 13.9. The van der Waals surface area contributed by atoms with Gasteiger partial charge in [-0.3, -0.25) is 0 Å². The Morgan fingerprint density at radius 3 is 2.68 bits per heavy atom. The van der Waals surface area contributed by atoms with Crippen molar-refractivity contribution in [3.05, 3.63) is 47.5 Å². The molecule has 1 N–H and O–H groups in total. The second-order valence-corrected chi connectivity index (χ2v) is 4.96. The van der Waals surface area contributed by atoms with Crippen molar-refractivity contribution in [1.29, 1.82) is 0 Å². The van der Waals surface area contributed by atoms with Crippen molar-refractivity contribution in [3.63, 3.8) is 0 Å². The van der Waals surface area contributed by atoms with Crippen LogP contribution in [0.25, 0.3) is 0 Å². The lowest BCUT2D eigenvalue weighted by Gasteiger charge is -2.18. The van der Waals surface area contributed by atoms with E-state index in [0.29, 0.717) is 5.92 Å². The standard InChI is InChI=1S/C16H23NO2/c1-18-15-7-3-13(4-8-15)11-17-12-14-5-9-16(19-2)10-6-14/h3,5,7-9,13,17H,4,6,10-12H2,1-2H3. The highest BCUT2D eigenvalue weighted by atomic mass is 16.5. The Balaban J connectivity index is 1.68. The van der Waals surface area contributed by atoms with Crippen LogP contribution in [0.4, 0.5) is 0 Å². The predicted molar refractivity (Wildman–Crippen MR) is 77.6 cm³/mol. The third kappa shape index (κ3) is 4.28. The topological polar surface area (TPSA) is 30.5 Å². The van der Waals surface area contributed by atoms with Crippen molar-refractivity contribution in [2.75, 3.05) is 27.3 Å². The van der Waals surface area contributed by atoms with Gasteiger partial charge in [0.2, 0.25) is 0 Å². The molecule has 2 aliphatic carbocycles. The van der Waals surface area contributed by atoms with Gasteiger partial charge < -0.3 is 14.8 Å². The van der Waals surface area contributed by atoms with Crippen LogP contribution in [-0.4, -0.2) is 27.3 Å². The summed E-state index contributed by atoms with van der Waals surface area (Å²) in [5, 5.41) is 3.53. The lowest BCUT2D eigenvalue weighted by molar-refractivity contribution is 0.275. The fraction of sp³-hybridized carbons (Fsp3) is 0.500. The summed E-state index contributed by atoms with van der Waals surface area (Å²) in [5.41, 5.74) is 1.45. The molecule has 104 valence electrons. The maximum atomic E-state index is 5.23. The van der Waals surface area contributed by atoms with Gasteiger partial charge in [0.05, 0.1) is 20.0 Å². The molecule has 0 heterocycles. The number of hydrogen-bond donors (Lipinski definition) is 1. The van der Waals surface area contributed by atoms with E-state index in [1.54, 1.807) is 14.2 Å². The van der Waals surface area contributed by atoms with E-state index >= 15 is 0 Å². The molecule has 19 heavy (non-hydrogen) atoms. The molecule has 0 aromatic carbocycles. The fourth-order valence-corrected chi connectivity index (χ4v) is 2.34.